The molecule has 1 aliphatic rings. The Morgan fingerprint density at radius 3 is 2.55 bits per heavy atom. The Bertz CT molecular complexity index is 366. The quantitative estimate of drug-likeness (QED) is 0.684. The molecule has 0 aromatic carbocycles. The first-order valence-corrected chi connectivity index (χ1v) is 7.10. The van der Waals surface area contributed by atoms with Crippen molar-refractivity contribution < 1.29 is 4.79 Å². The Morgan fingerprint density at radius 2 is 2.00 bits per heavy atom. The fraction of sp³-hybridized carbons (Fsp3) is 0.786. The van der Waals surface area contributed by atoms with Gasteiger partial charge in [-0.05, 0) is 32.5 Å². The zero-order valence-corrected chi connectivity index (χ0v) is 12.1. The maximum Gasteiger partial charge on any atom is 0.236 e. The summed E-state index contributed by atoms with van der Waals surface area (Å²) < 4.78 is 0. The second-order valence-electron chi connectivity index (χ2n) is 5.14. The topological polar surface area (TPSA) is 83.2 Å². The van der Waals surface area contributed by atoms with Crippen LogP contribution in [0.3, 0.4) is 0 Å². The summed E-state index contributed by atoms with van der Waals surface area (Å²) in [6.07, 6.45) is 1.75. The molecule has 0 aromatic rings. The van der Waals surface area contributed by atoms with Gasteiger partial charge >= 0.3 is 0 Å². The van der Waals surface area contributed by atoms with Crippen LogP contribution in [-0.4, -0.2) is 62.0 Å². The van der Waals surface area contributed by atoms with Gasteiger partial charge in [-0.2, -0.15) is 10.5 Å². The first-order chi connectivity index (χ1) is 9.71. The minimum Gasteiger partial charge on any atom is -0.340 e. The van der Waals surface area contributed by atoms with Crippen LogP contribution in [0.15, 0.2) is 0 Å². The predicted molar refractivity (Wildman–Crippen MR) is 75.5 cm³/mol. The number of amides is 1. The van der Waals surface area contributed by atoms with E-state index in [1.54, 1.807) is 4.90 Å². The van der Waals surface area contributed by atoms with Crippen LogP contribution in [0.1, 0.15) is 19.3 Å². The van der Waals surface area contributed by atoms with Gasteiger partial charge in [0.1, 0.15) is 0 Å². The van der Waals surface area contributed by atoms with E-state index in [-0.39, 0.29) is 5.91 Å². The van der Waals surface area contributed by atoms with Crippen molar-refractivity contribution in [1.82, 2.24) is 15.1 Å². The van der Waals surface area contributed by atoms with Crippen molar-refractivity contribution in [3.8, 4) is 12.1 Å². The van der Waals surface area contributed by atoms with Crippen molar-refractivity contribution >= 4 is 5.91 Å². The number of nitrogens with zero attached hydrogens (tertiary/aromatic N) is 4. The van der Waals surface area contributed by atoms with Crippen LogP contribution >= 0.6 is 0 Å². The van der Waals surface area contributed by atoms with Crippen molar-refractivity contribution in [2.24, 2.45) is 5.92 Å². The minimum atomic E-state index is 0.0283. The van der Waals surface area contributed by atoms with E-state index >= 15 is 0 Å². The van der Waals surface area contributed by atoms with E-state index < -0.39 is 0 Å². The number of carbonyl (C=O) groups excluding carboxylic acids is 1. The van der Waals surface area contributed by atoms with E-state index in [0.29, 0.717) is 38.4 Å². The molecule has 1 unspecified atom stereocenters. The van der Waals surface area contributed by atoms with Gasteiger partial charge in [0.25, 0.3) is 0 Å². The second kappa shape index (κ2) is 9.30. The molecule has 1 rings (SSSR count). The van der Waals surface area contributed by atoms with Gasteiger partial charge < -0.3 is 10.2 Å². The van der Waals surface area contributed by atoms with E-state index in [4.69, 9.17) is 10.5 Å². The maximum absolute atomic E-state index is 12.2. The van der Waals surface area contributed by atoms with Crippen molar-refractivity contribution in [2.75, 3.05) is 46.3 Å². The van der Waals surface area contributed by atoms with Crippen LogP contribution in [0, 0.1) is 28.6 Å². The third-order valence-corrected chi connectivity index (χ3v) is 3.56. The molecule has 1 N–H and O–H groups in total. The summed E-state index contributed by atoms with van der Waals surface area (Å²) in [5.41, 5.74) is 0. The summed E-state index contributed by atoms with van der Waals surface area (Å²) in [6, 6.07) is 4.10. The molecule has 1 fully saturated rings. The first-order valence-electron chi connectivity index (χ1n) is 7.10. The van der Waals surface area contributed by atoms with Crippen LogP contribution < -0.4 is 5.32 Å². The number of nitrogens with one attached hydrogen (secondary N) is 1. The normalized spacial score (nSPS) is 18.4. The van der Waals surface area contributed by atoms with Gasteiger partial charge in [0.15, 0.2) is 0 Å². The van der Waals surface area contributed by atoms with Crippen molar-refractivity contribution in [3.05, 3.63) is 0 Å². The van der Waals surface area contributed by atoms with Crippen LogP contribution in [0.2, 0.25) is 0 Å². The molecule has 110 valence electrons. The molecule has 0 bridgehead atoms. The van der Waals surface area contributed by atoms with Crippen LogP contribution in [0.4, 0.5) is 0 Å². The summed E-state index contributed by atoms with van der Waals surface area (Å²) in [5.74, 6) is 0.639. The highest BCUT2D eigenvalue weighted by Gasteiger charge is 2.25. The first kappa shape index (κ1) is 16.4. The molecule has 0 radical (unpaired) electrons. The Balaban J connectivity index is 2.41. The molecule has 1 saturated heterocycles. The molecule has 0 spiro atoms. The summed E-state index contributed by atoms with van der Waals surface area (Å²) in [6.45, 7) is 4.11. The average Bonchev–Trinajstić information content (AvgIpc) is 2.86. The molecule has 1 atom stereocenters. The number of hydrogen-bond acceptors (Lipinski definition) is 5. The lowest BCUT2D eigenvalue weighted by molar-refractivity contribution is -0.132. The van der Waals surface area contributed by atoms with Gasteiger partial charge in [0.05, 0.1) is 31.5 Å². The number of rotatable bonds is 8. The predicted octanol–water partition coefficient (Wildman–Crippen LogP) is 0.184. The summed E-state index contributed by atoms with van der Waals surface area (Å²) in [7, 11) is 1.94. The second-order valence-corrected chi connectivity index (χ2v) is 5.14. The van der Waals surface area contributed by atoms with E-state index in [1.807, 2.05) is 19.2 Å². The Kier molecular flexibility index (Phi) is 7.64. The highest BCUT2D eigenvalue weighted by Crippen LogP contribution is 2.15. The largest absolute Gasteiger partial charge is 0.340 e. The zero-order valence-electron chi connectivity index (χ0n) is 12.1. The highest BCUT2D eigenvalue weighted by molar-refractivity contribution is 5.78. The van der Waals surface area contributed by atoms with Gasteiger partial charge in [-0.3, -0.25) is 9.69 Å². The lowest BCUT2D eigenvalue weighted by Gasteiger charge is -2.24. The summed E-state index contributed by atoms with van der Waals surface area (Å²) >= 11 is 0. The molecule has 0 saturated carbocycles. The van der Waals surface area contributed by atoms with Crippen LogP contribution in [0.25, 0.3) is 0 Å². The lowest BCUT2D eigenvalue weighted by Crippen LogP contribution is -2.40. The maximum atomic E-state index is 12.2. The third kappa shape index (κ3) is 5.56. The zero-order chi connectivity index (χ0) is 14.8. The van der Waals surface area contributed by atoms with Gasteiger partial charge in [-0.15, -0.1) is 0 Å². The fourth-order valence-corrected chi connectivity index (χ4v) is 2.53. The van der Waals surface area contributed by atoms with Gasteiger partial charge in [-0.1, -0.05) is 0 Å². The Morgan fingerprint density at radius 1 is 1.35 bits per heavy atom. The number of likely N-dealkylation sites (tertiary alicyclic amines) is 1. The molecule has 20 heavy (non-hydrogen) atoms. The number of carbonyl (C=O) groups is 1. The van der Waals surface area contributed by atoms with Crippen molar-refractivity contribution in [1.29, 1.82) is 10.5 Å². The SMILES string of the molecule is CNCC1CCN(CC(=O)N(CCC#N)CCC#N)C1. The number of hydrogen-bond donors (Lipinski definition) is 1. The summed E-state index contributed by atoms with van der Waals surface area (Å²) in [5, 5.41) is 20.4. The van der Waals surface area contributed by atoms with Crippen LogP contribution in [-0.2, 0) is 4.79 Å². The standard InChI is InChI=1S/C14H23N5O/c1-17-10-13-4-9-18(11-13)12-14(20)19(7-2-5-15)8-3-6-16/h13,17H,2-4,7-12H2,1H3. The smallest absolute Gasteiger partial charge is 0.236 e. The van der Waals surface area contributed by atoms with Gasteiger partial charge in [0, 0.05) is 19.6 Å². The van der Waals surface area contributed by atoms with Crippen LogP contribution in [0.5, 0.6) is 0 Å². The average molecular weight is 277 g/mol. The highest BCUT2D eigenvalue weighted by atomic mass is 16.2. The van der Waals surface area contributed by atoms with Gasteiger partial charge in [-0.25, -0.2) is 0 Å². The molecule has 1 aliphatic heterocycles. The molecule has 6 heteroatoms. The lowest BCUT2D eigenvalue weighted by atomic mass is 10.1. The molecule has 1 heterocycles. The van der Waals surface area contributed by atoms with Crippen molar-refractivity contribution in [2.45, 2.75) is 19.3 Å². The number of nitriles is 2. The molecular formula is C14H23N5O. The summed E-state index contributed by atoms with van der Waals surface area (Å²) in [4.78, 5) is 16.0. The monoisotopic (exact) mass is 277 g/mol. The van der Waals surface area contributed by atoms with E-state index in [2.05, 4.69) is 10.2 Å². The van der Waals surface area contributed by atoms with E-state index in [1.165, 1.54) is 0 Å². The fourth-order valence-electron chi connectivity index (χ4n) is 2.53. The van der Waals surface area contributed by atoms with E-state index in [9.17, 15) is 4.79 Å². The Labute approximate surface area is 120 Å². The molecule has 6 nitrogen and oxygen atoms in total. The third-order valence-electron chi connectivity index (χ3n) is 3.56. The molecule has 0 aromatic heterocycles. The minimum absolute atomic E-state index is 0.0283. The van der Waals surface area contributed by atoms with Crippen molar-refractivity contribution in [3.63, 3.8) is 0 Å². The molecule has 1 amide bonds. The molecular weight excluding hydrogens is 254 g/mol. The molecule has 0 aliphatic carbocycles. The van der Waals surface area contributed by atoms with Gasteiger partial charge in [0.2, 0.25) is 5.91 Å². The van der Waals surface area contributed by atoms with E-state index in [0.717, 1.165) is 26.1 Å². The Hall–Kier alpha value is -1.63.